The Morgan fingerprint density at radius 2 is 1.29 bits per heavy atom. The molecule has 1 aromatic carbocycles. The lowest BCUT2D eigenvalue weighted by Crippen LogP contribution is -1.93. The largest absolute Gasteiger partial charge is 0.423 e. The van der Waals surface area contributed by atoms with E-state index in [1.54, 1.807) is 12.1 Å². The summed E-state index contributed by atoms with van der Waals surface area (Å²) in [5.74, 6) is 0. The zero-order valence-electron chi connectivity index (χ0n) is 11.8. The highest BCUT2D eigenvalue weighted by Gasteiger charge is 1.92. The van der Waals surface area contributed by atoms with Crippen molar-refractivity contribution in [2.24, 2.45) is 0 Å². The minimum atomic E-state index is -0.302. The number of benzene rings is 1. The number of rotatable bonds is 0. The fraction of sp³-hybridized carbons (Fsp3) is 0.400. The minimum absolute atomic E-state index is 0.302. The highest BCUT2D eigenvalue weighted by molar-refractivity contribution is 5.75. The molecule has 0 bridgehead atoms. The van der Waals surface area contributed by atoms with Gasteiger partial charge >= 0.3 is 5.63 Å². The molecular weight excluding hydrogens is 212 g/mol. The lowest BCUT2D eigenvalue weighted by atomic mass is 10.2. The van der Waals surface area contributed by atoms with Gasteiger partial charge in [0.05, 0.1) is 0 Å². The van der Waals surface area contributed by atoms with Crippen LogP contribution in [-0.2, 0) is 0 Å². The molecule has 96 valence electrons. The van der Waals surface area contributed by atoms with Crippen molar-refractivity contribution in [2.75, 3.05) is 0 Å². The van der Waals surface area contributed by atoms with Gasteiger partial charge in [-0.3, -0.25) is 0 Å². The summed E-state index contributed by atoms with van der Waals surface area (Å²) in [4.78, 5) is 10.7. The van der Waals surface area contributed by atoms with Gasteiger partial charge in [0.2, 0.25) is 0 Å². The van der Waals surface area contributed by atoms with Crippen molar-refractivity contribution >= 4 is 11.0 Å². The molecule has 0 amide bonds. The zero-order valence-corrected chi connectivity index (χ0v) is 11.8. The molecule has 0 aliphatic heterocycles. The number of hydrogen-bond acceptors (Lipinski definition) is 2. The Morgan fingerprint density at radius 1 is 0.765 bits per heavy atom. The molecule has 0 unspecified atom stereocenters. The Morgan fingerprint density at radius 3 is 1.88 bits per heavy atom. The summed E-state index contributed by atoms with van der Waals surface area (Å²) < 4.78 is 4.91. The molecule has 2 nitrogen and oxygen atoms in total. The Kier molecular flexibility index (Phi) is 13.1. The molecule has 0 saturated heterocycles. The summed E-state index contributed by atoms with van der Waals surface area (Å²) in [5, 5.41) is 0.951. The van der Waals surface area contributed by atoms with Crippen molar-refractivity contribution in [3.8, 4) is 0 Å². The molecule has 2 rings (SSSR count). The summed E-state index contributed by atoms with van der Waals surface area (Å²) >= 11 is 0. The third kappa shape index (κ3) is 6.56. The molecule has 0 fully saturated rings. The van der Waals surface area contributed by atoms with Gasteiger partial charge in [-0.2, -0.15) is 0 Å². The van der Waals surface area contributed by atoms with Gasteiger partial charge < -0.3 is 4.42 Å². The maximum Gasteiger partial charge on any atom is 0.336 e. The van der Waals surface area contributed by atoms with E-state index in [1.165, 1.54) is 6.07 Å². The third-order valence-corrected chi connectivity index (χ3v) is 1.53. The van der Waals surface area contributed by atoms with Gasteiger partial charge in [-0.05, 0) is 12.1 Å². The Labute approximate surface area is 104 Å². The topological polar surface area (TPSA) is 30.2 Å². The van der Waals surface area contributed by atoms with Gasteiger partial charge in [0.15, 0.2) is 0 Å². The molecule has 0 aliphatic carbocycles. The normalized spacial score (nSPS) is 7.65. The molecular formula is C15H24O2. The SMILES string of the molecule is CC.CC.CC.O=c1ccc2ccccc2o1. The van der Waals surface area contributed by atoms with Gasteiger partial charge in [-0.1, -0.05) is 59.7 Å². The van der Waals surface area contributed by atoms with Crippen LogP contribution in [0.4, 0.5) is 0 Å². The van der Waals surface area contributed by atoms with Crippen LogP contribution in [0.1, 0.15) is 41.5 Å². The van der Waals surface area contributed by atoms with E-state index in [2.05, 4.69) is 0 Å². The summed E-state index contributed by atoms with van der Waals surface area (Å²) in [7, 11) is 0. The van der Waals surface area contributed by atoms with Crippen LogP contribution >= 0.6 is 0 Å². The molecule has 1 heterocycles. The zero-order chi connectivity index (χ0) is 13.7. The van der Waals surface area contributed by atoms with Crippen molar-refractivity contribution < 1.29 is 4.42 Å². The number of fused-ring (bicyclic) bond motifs is 1. The monoisotopic (exact) mass is 236 g/mol. The van der Waals surface area contributed by atoms with E-state index >= 15 is 0 Å². The number of para-hydroxylation sites is 1. The van der Waals surface area contributed by atoms with Gasteiger partial charge in [0.25, 0.3) is 0 Å². The predicted molar refractivity (Wildman–Crippen MR) is 76.5 cm³/mol. The van der Waals surface area contributed by atoms with E-state index in [0.29, 0.717) is 5.58 Å². The molecule has 0 N–H and O–H groups in total. The second-order valence-electron chi connectivity index (χ2n) is 2.29. The van der Waals surface area contributed by atoms with E-state index in [-0.39, 0.29) is 5.63 Å². The molecule has 0 aliphatic rings. The summed E-state index contributed by atoms with van der Waals surface area (Å²) in [5.41, 5.74) is 0.337. The van der Waals surface area contributed by atoms with Gasteiger partial charge in [0, 0.05) is 11.5 Å². The van der Waals surface area contributed by atoms with Crippen LogP contribution in [0.25, 0.3) is 11.0 Å². The highest BCUT2D eigenvalue weighted by Crippen LogP contribution is 2.08. The molecule has 2 aromatic rings. The average Bonchev–Trinajstić information content (AvgIpc) is 2.45. The first-order valence-corrected chi connectivity index (χ1v) is 6.35. The molecule has 0 spiro atoms. The lowest BCUT2D eigenvalue weighted by molar-refractivity contribution is 0.561. The molecule has 0 atom stereocenters. The van der Waals surface area contributed by atoms with Crippen LogP contribution < -0.4 is 5.63 Å². The van der Waals surface area contributed by atoms with Crippen LogP contribution in [-0.4, -0.2) is 0 Å². The quantitative estimate of drug-likeness (QED) is 0.611. The van der Waals surface area contributed by atoms with Gasteiger partial charge in [0.1, 0.15) is 5.58 Å². The van der Waals surface area contributed by atoms with Gasteiger partial charge in [-0.25, -0.2) is 4.79 Å². The molecule has 17 heavy (non-hydrogen) atoms. The van der Waals surface area contributed by atoms with E-state index < -0.39 is 0 Å². The Bertz CT molecular complexity index is 430. The first-order chi connectivity index (χ1) is 8.36. The van der Waals surface area contributed by atoms with Crippen LogP contribution in [0.3, 0.4) is 0 Å². The van der Waals surface area contributed by atoms with E-state index in [4.69, 9.17) is 4.42 Å². The predicted octanol–water partition coefficient (Wildman–Crippen LogP) is 4.87. The van der Waals surface area contributed by atoms with Crippen molar-refractivity contribution in [2.45, 2.75) is 41.5 Å². The smallest absolute Gasteiger partial charge is 0.336 e. The van der Waals surface area contributed by atoms with E-state index in [9.17, 15) is 4.79 Å². The van der Waals surface area contributed by atoms with Crippen LogP contribution in [0.2, 0.25) is 0 Å². The van der Waals surface area contributed by atoms with Crippen molar-refractivity contribution in [1.29, 1.82) is 0 Å². The highest BCUT2D eigenvalue weighted by atomic mass is 16.4. The minimum Gasteiger partial charge on any atom is -0.423 e. The van der Waals surface area contributed by atoms with Crippen molar-refractivity contribution in [3.63, 3.8) is 0 Å². The molecule has 0 saturated carbocycles. The van der Waals surface area contributed by atoms with E-state index in [1.807, 2.05) is 59.7 Å². The first-order valence-electron chi connectivity index (χ1n) is 6.35. The standard InChI is InChI=1S/C9H6O2.3C2H6/c10-9-6-5-7-3-1-2-4-8(7)11-9;3*1-2/h1-6H;3*1-2H3. The lowest BCUT2D eigenvalue weighted by Gasteiger charge is -1.91. The summed E-state index contributed by atoms with van der Waals surface area (Å²) in [6.45, 7) is 12.0. The fourth-order valence-corrected chi connectivity index (χ4v) is 1.01. The second-order valence-corrected chi connectivity index (χ2v) is 2.29. The summed E-state index contributed by atoms with van der Waals surface area (Å²) in [6, 6.07) is 10.6. The van der Waals surface area contributed by atoms with Crippen LogP contribution in [0, 0.1) is 0 Å². The van der Waals surface area contributed by atoms with Crippen molar-refractivity contribution in [3.05, 3.63) is 46.8 Å². The van der Waals surface area contributed by atoms with Crippen molar-refractivity contribution in [1.82, 2.24) is 0 Å². The van der Waals surface area contributed by atoms with Crippen LogP contribution in [0.15, 0.2) is 45.6 Å². The second kappa shape index (κ2) is 12.5. The molecule has 1 aromatic heterocycles. The maximum absolute atomic E-state index is 10.7. The average molecular weight is 236 g/mol. The molecule has 0 radical (unpaired) electrons. The van der Waals surface area contributed by atoms with Crippen LogP contribution in [0.5, 0.6) is 0 Å². The van der Waals surface area contributed by atoms with E-state index in [0.717, 1.165) is 5.39 Å². The maximum atomic E-state index is 10.7. The summed E-state index contributed by atoms with van der Waals surface area (Å²) in [6.07, 6.45) is 0. The molecule has 2 heteroatoms. The van der Waals surface area contributed by atoms with Gasteiger partial charge in [-0.15, -0.1) is 0 Å². The Hall–Kier alpha value is -1.57. The fourth-order valence-electron chi connectivity index (χ4n) is 1.01. The third-order valence-electron chi connectivity index (χ3n) is 1.53. The number of hydrogen-bond donors (Lipinski definition) is 0. The first kappa shape index (κ1) is 17.8. The Balaban J connectivity index is 0.